The molecule has 6 heteroatoms. The number of rotatable bonds is 17. The molecule has 0 fully saturated rings. The van der Waals surface area contributed by atoms with Crippen LogP contribution in [0.3, 0.4) is 0 Å². The summed E-state index contributed by atoms with van der Waals surface area (Å²) in [6.07, 6.45) is 15.6. The van der Waals surface area contributed by atoms with Crippen LogP contribution < -0.4 is 0 Å². The quantitative estimate of drug-likeness (QED) is 0.189. The highest BCUT2D eigenvalue weighted by Gasteiger charge is 2.10. The summed E-state index contributed by atoms with van der Waals surface area (Å²) in [6.45, 7) is 4.51. The second kappa shape index (κ2) is 16.4. The minimum Gasteiger partial charge on any atom is -0.508 e. The van der Waals surface area contributed by atoms with E-state index in [-0.39, 0.29) is 5.75 Å². The Labute approximate surface area is 197 Å². The summed E-state index contributed by atoms with van der Waals surface area (Å²) in [4.78, 5) is 14.1. The minimum atomic E-state index is 0.258. The van der Waals surface area contributed by atoms with Crippen molar-refractivity contribution in [3.8, 4) is 17.1 Å². The SMILES string of the molecule is CCCCCCCCSc1nc(SCCCCCCCC)nc(-c2ccc(O)cc2)n1. The van der Waals surface area contributed by atoms with Gasteiger partial charge in [-0.25, -0.2) is 9.97 Å². The fourth-order valence-electron chi connectivity index (χ4n) is 3.30. The topological polar surface area (TPSA) is 58.9 Å². The van der Waals surface area contributed by atoms with E-state index in [4.69, 9.17) is 15.0 Å². The van der Waals surface area contributed by atoms with Gasteiger partial charge in [-0.2, -0.15) is 4.98 Å². The molecule has 0 bridgehead atoms. The molecule has 0 atom stereocenters. The largest absolute Gasteiger partial charge is 0.508 e. The molecule has 0 aliphatic rings. The Balaban J connectivity index is 1.91. The molecule has 1 heterocycles. The molecule has 0 amide bonds. The Hall–Kier alpha value is -1.27. The Bertz CT molecular complexity index is 689. The van der Waals surface area contributed by atoms with Gasteiger partial charge in [0, 0.05) is 17.1 Å². The summed E-state index contributed by atoms with van der Waals surface area (Å²) in [7, 11) is 0. The molecule has 1 N–H and O–H groups in total. The third kappa shape index (κ3) is 11.2. The van der Waals surface area contributed by atoms with Crippen LogP contribution >= 0.6 is 23.5 Å². The van der Waals surface area contributed by atoms with Gasteiger partial charge in [-0.05, 0) is 37.1 Å². The van der Waals surface area contributed by atoms with E-state index in [1.807, 2.05) is 12.1 Å². The number of nitrogens with zero attached hydrogens (tertiary/aromatic N) is 3. The van der Waals surface area contributed by atoms with Crippen molar-refractivity contribution < 1.29 is 5.11 Å². The highest BCUT2D eigenvalue weighted by Crippen LogP contribution is 2.26. The molecule has 0 aliphatic carbocycles. The highest BCUT2D eigenvalue weighted by molar-refractivity contribution is 7.99. The third-order valence-electron chi connectivity index (χ3n) is 5.18. The van der Waals surface area contributed by atoms with Crippen molar-refractivity contribution >= 4 is 23.5 Å². The van der Waals surface area contributed by atoms with E-state index < -0.39 is 0 Å². The number of phenolic OH excluding ortho intramolecular Hbond substituents is 1. The molecule has 0 saturated heterocycles. The lowest BCUT2D eigenvalue weighted by atomic mass is 10.1. The first kappa shape index (κ1) is 26.0. The number of phenols is 1. The average Bonchev–Trinajstić information content (AvgIpc) is 2.78. The maximum absolute atomic E-state index is 9.59. The molecular formula is C25H39N3OS2. The summed E-state index contributed by atoms with van der Waals surface area (Å²) in [5.41, 5.74) is 0.919. The molecule has 0 spiro atoms. The Morgan fingerprint density at radius 2 is 1.06 bits per heavy atom. The summed E-state index contributed by atoms with van der Waals surface area (Å²) < 4.78 is 0. The number of unbranched alkanes of at least 4 members (excludes halogenated alkanes) is 10. The molecule has 4 nitrogen and oxygen atoms in total. The molecule has 1 aromatic carbocycles. The summed E-state index contributed by atoms with van der Waals surface area (Å²) in [6, 6.07) is 7.11. The molecule has 1 aromatic heterocycles. The lowest BCUT2D eigenvalue weighted by Gasteiger charge is -2.08. The van der Waals surface area contributed by atoms with Gasteiger partial charge in [0.25, 0.3) is 0 Å². The zero-order chi connectivity index (χ0) is 22.2. The van der Waals surface area contributed by atoms with Crippen molar-refractivity contribution in [1.29, 1.82) is 0 Å². The van der Waals surface area contributed by atoms with Crippen LogP contribution in [0.2, 0.25) is 0 Å². The molecular weight excluding hydrogens is 422 g/mol. The second-order valence-corrected chi connectivity index (χ2v) is 10.1. The number of thioether (sulfide) groups is 2. The predicted octanol–water partition coefficient (Wildman–Crippen LogP) is 8.15. The first-order valence-corrected chi connectivity index (χ1v) is 14.0. The number of benzene rings is 1. The van der Waals surface area contributed by atoms with Crippen LogP contribution in [0.15, 0.2) is 34.6 Å². The van der Waals surface area contributed by atoms with Gasteiger partial charge in [0.2, 0.25) is 0 Å². The van der Waals surface area contributed by atoms with E-state index in [9.17, 15) is 5.11 Å². The van der Waals surface area contributed by atoms with Gasteiger partial charge in [-0.1, -0.05) is 102 Å². The monoisotopic (exact) mass is 461 g/mol. The number of hydrogen-bond acceptors (Lipinski definition) is 6. The molecule has 2 rings (SSSR count). The first-order chi connectivity index (χ1) is 15.2. The third-order valence-corrected chi connectivity index (χ3v) is 7.05. The van der Waals surface area contributed by atoms with Crippen LogP contribution in [-0.2, 0) is 0 Å². The van der Waals surface area contributed by atoms with E-state index >= 15 is 0 Å². The summed E-state index contributed by atoms with van der Waals surface area (Å²) in [5.74, 6) is 3.05. The van der Waals surface area contributed by atoms with Gasteiger partial charge in [-0.15, -0.1) is 0 Å². The van der Waals surface area contributed by atoms with E-state index in [2.05, 4.69) is 13.8 Å². The standard InChI is InChI=1S/C25H39N3OS2/c1-3-5-7-9-11-13-19-30-24-26-23(21-15-17-22(29)18-16-21)27-25(28-24)31-20-14-12-10-8-6-4-2/h15-18,29H,3-14,19-20H2,1-2H3. The summed E-state index contributed by atoms with van der Waals surface area (Å²) >= 11 is 3.48. The normalized spacial score (nSPS) is 11.2. The van der Waals surface area contributed by atoms with E-state index in [0.29, 0.717) is 5.82 Å². The van der Waals surface area contributed by atoms with Gasteiger partial charge >= 0.3 is 0 Å². The van der Waals surface area contributed by atoms with Crippen molar-refractivity contribution in [2.24, 2.45) is 0 Å². The van der Waals surface area contributed by atoms with Crippen LogP contribution in [-0.4, -0.2) is 31.6 Å². The lowest BCUT2D eigenvalue weighted by molar-refractivity contribution is 0.475. The zero-order valence-electron chi connectivity index (χ0n) is 19.3. The molecule has 31 heavy (non-hydrogen) atoms. The van der Waals surface area contributed by atoms with Crippen LogP contribution in [0.5, 0.6) is 5.75 Å². The van der Waals surface area contributed by atoms with Crippen LogP contribution in [0.25, 0.3) is 11.4 Å². The minimum absolute atomic E-state index is 0.258. The molecule has 0 unspecified atom stereocenters. The molecule has 0 aliphatic heterocycles. The van der Waals surface area contributed by atoms with Gasteiger partial charge < -0.3 is 5.11 Å². The van der Waals surface area contributed by atoms with Crippen molar-refractivity contribution in [1.82, 2.24) is 15.0 Å². The van der Waals surface area contributed by atoms with E-state index in [0.717, 1.165) is 27.4 Å². The lowest BCUT2D eigenvalue weighted by Crippen LogP contribution is -1.99. The fraction of sp³-hybridized carbons (Fsp3) is 0.640. The summed E-state index contributed by atoms with van der Waals surface area (Å²) in [5, 5.41) is 11.2. The van der Waals surface area contributed by atoms with Gasteiger partial charge in [-0.3, -0.25) is 0 Å². The zero-order valence-corrected chi connectivity index (χ0v) is 20.9. The van der Waals surface area contributed by atoms with Crippen LogP contribution in [0, 0.1) is 0 Å². The molecule has 0 radical (unpaired) electrons. The fourth-order valence-corrected chi connectivity index (χ4v) is 5.02. The van der Waals surface area contributed by atoms with Crippen molar-refractivity contribution in [3.63, 3.8) is 0 Å². The van der Waals surface area contributed by atoms with Crippen molar-refractivity contribution in [2.45, 2.75) is 101 Å². The van der Waals surface area contributed by atoms with Crippen molar-refractivity contribution in [2.75, 3.05) is 11.5 Å². The van der Waals surface area contributed by atoms with Crippen molar-refractivity contribution in [3.05, 3.63) is 24.3 Å². The smallest absolute Gasteiger partial charge is 0.192 e. The van der Waals surface area contributed by atoms with Crippen LogP contribution in [0.1, 0.15) is 90.9 Å². The maximum Gasteiger partial charge on any atom is 0.192 e. The molecule has 172 valence electrons. The van der Waals surface area contributed by atoms with Gasteiger partial charge in [0.15, 0.2) is 16.1 Å². The number of hydrogen-bond donors (Lipinski definition) is 1. The van der Waals surface area contributed by atoms with Gasteiger partial charge in [0.05, 0.1) is 0 Å². The Kier molecular flexibility index (Phi) is 13.7. The second-order valence-electron chi connectivity index (χ2n) is 8.00. The molecule has 0 saturated carbocycles. The van der Waals surface area contributed by atoms with E-state index in [1.165, 1.54) is 77.0 Å². The Morgan fingerprint density at radius 3 is 1.55 bits per heavy atom. The van der Waals surface area contributed by atoms with Crippen LogP contribution in [0.4, 0.5) is 0 Å². The Morgan fingerprint density at radius 1 is 0.613 bits per heavy atom. The molecule has 2 aromatic rings. The maximum atomic E-state index is 9.59. The first-order valence-electron chi connectivity index (χ1n) is 12.0. The number of aromatic hydroxyl groups is 1. The highest BCUT2D eigenvalue weighted by atomic mass is 32.2. The average molecular weight is 462 g/mol. The predicted molar refractivity (Wildman–Crippen MR) is 135 cm³/mol. The number of aromatic nitrogens is 3. The van der Waals surface area contributed by atoms with Gasteiger partial charge in [0.1, 0.15) is 5.75 Å². The van der Waals surface area contributed by atoms with E-state index in [1.54, 1.807) is 35.7 Å².